The zero-order chi connectivity index (χ0) is 19.9. The molecule has 2 aliphatic rings. The van der Waals surface area contributed by atoms with Gasteiger partial charge in [0.1, 0.15) is 6.54 Å². The second kappa shape index (κ2) is 9.51. The largest absolute Gasteiger partial charge is 0.363 e. The fourth-order valence-corrected chi connectivity index (χ4v) is 4.69. The van der Waals surface area contributed by atoms with Gasteiger partial charge in [0.15, 0.2) is 5.82 Å². The number of rotatable bonds is 4. The first-order valence-corrected chi connectivity index (χ1v) is 9.79. The third-order valence-electron chi connectivity index (χ3n) is 6.15. The van der Waals surface area contributed by atoms with Crippen molar-refractivity contribution in [2.45, 2.75) is 50.2 Å². The minimum atomic E-state index is -0.674. The number of nitrogens with two attached hydrogens (primary N) is 2. The van der Waals surface area contributed by atoms with E-state index in [1.165, 1.54) is 4.57 Å². The summed E-state index contributed by atoms with van der Waals surface area (Å²) in [5.74, 6) is -0.0802. The monoisotopic (exact) mass is 474 g/mol. The van der Waals surface area contributed by atoms with Crippen molar-refractivity contribution in [3.8, 4) is 0 Å². The number of carbonyl (C=O) groups is 2. The SMILES string of the molecule is Cl.Cl.NCC1(c2cccc(Cl)c2)CCC(N2Cc3nnc(C(N)=O)n3CC2=O)CC1. The van der Waals surface area contributed by atoms with Gasteiger partial charge in [0, 0.05) is 23.0 Å². The Hall–Kier alpha value is -1.87. The highest BCUT2D eigenvalue weighted by Crippen LogP contribution is 2.41. The van der Waals surface area contributed by atoms with Crippen molar-refractivity contribution in [1.82, 2.24) is 19.7 Å². The number of carbonyl (C=O) groups excluding carboxylic acids is 2. The number of primary amides is 1. The first-order valence-electron chi connectivity index (χ1n) is 9.41. The maximum atomic E-state index is 12.7. The maximum Gasteiger partial charge on any atom is 0.286 e. The van der Waals surface area contributed by atoms with Gasteiger partial charge in [-0.2, -0.15) is 0 Å². The highest BCUT2D eigenvalue weighted by atomic mass is 35.5. The summed E-state index contributed by atoms with van der Waals surface area (Å²) >= 11 is 6.18. The average Bonchev–Trinajstić information content (AvgIpc) is 3.10. The Balaban J connectivity index is 0.00000160. The standard InChI is InChI=1S/C19H23ClN6O2.2ClH/c20-13-3-1-2-12(8-13)19(11-21)6-4-14(5-7-19)25-9-15-23-24-18(17(22)28)26(15)10-16(25)27;;/h1-3,8,14H,4-7,9-11,21H2,(H2,22,28);2*1H. The summed E-state index contributed by atoms with van der Waals surface area (Å²) in [6.07, 6.45) is 3.48. The van der Waals surface area contributed by atoms with Crippen LogP contribution < -0.4 is 11.5 Å². The van der Waals surface area contributed by atoms with Crippen LogP contribution in [0.4, 0.5) is 0 Å². The van der Waals surface area contributed by atoms with E-state index in [9.17, 15) is 9.59 Å². The average molecular weight is 476 g/mol. The second-order valence-electron chi connectivity index (χ2n) is 7.64. The lowest BCUT2D eigenvalue weighted by molar-refractivity contribution is -0.137. The van der Waals surface area contributed by atoms with Crippen molar-refractivity contribution in [3.63, 3.8) is 0 Å². The van der Waals surface area contributed by atoms with E-state index in [-0.39, 0.29) is 54.5 Å². The lowest BCUT2D eigenvalue weighted by Gasteiger charge is -2.44. The van der Waals surface area contributed by atoms with Crippen LogP contribution in [0.5, 0.6) is 0 Å². The van der Waals surface area contributed by atoms with Crippen molar-refractivity contribution >= 4 is 48.2 Å². The fraction of sp³-hybridized carbons (Fsp3) is 0.474. The number of nitrogens with zero attached hydrogens (tertiary/aromatic N) is 4. The predicted octanol–water partition coefficient (Wildman–Crippen LogP) is 2.06. The molecule has 8 nitrogen and oxygen atoms in total. The van der Waals surface area contributed by atoms with E-state index in [2.05, 4.69) is 16.3 Å². The zero-order valence-electron chi connectivity index (χ0n) is 16.3. The molecule has 0 atom stereocenters. The summed E-state index contributed by atoms with van der Waals surface area (Å²) in [5, 5.41) is 8.58. The smallest absolute Gasteiger partial charge is 0.286 e. The Kier molecular flexibility index (Phi) is 7.74. The molecule has 0 spiro atoms. The molecule has 30 heavy (non-hydrogen) atoms. The first kappa shape index (κ1) is 24.4. The molecule has 0 unspecified atom stereocenters. The van der Waals surface area contributed by atoms with Gasteiger partial charge in [-0.15, -0.1) is 35.0 Å². The highest BCUT2D eigenvalue weighted by Gasteiger charge is 2.40. The molecule has 0 bridgehead atoms. The molecule has 1 saturated carbocycles. The molecule has 4 rings (SSSR count). The van der Waals surface area contributed by atoms with Gasteiger partial charge in [-0.1, -0.05) is 23.7 Å². The molecule has 4 N–H and O–H groups in total. The van der Waals surface area contributed by atoms with Crippen molar-refractivity contribution in [1.29, 1.82) is 0 Å². The summed E-state index contributed by atoms with van der Waals surface area (Å²) in [5.41, 5.74) is 12.5. The highest BCUT2D eigenvalue weighted by molar-refractivity contribution is 6.30. The molecule has 11 heteroatoms. The Morgan fingerprint density at radius 2 is 1.90 bits per heavy atom. The molecule has 1 aliphatic heterocycles. The van der Waals surface area contributed by atoms with E-state index < -0.39 is 5.91 Å². The Morgan fingerprint density at radius 3 is 2.50 bits per heavy atom. The lowest BCUT2D eigenvalue weighted by atomic mass is 9.68. The number of amides is 2. The number of halogens is 3. The van der Waals surface area contributed by atoms with Gasteiger partial charge in [0.25, 0.3) is 5.91 Å². The minimum absolute atomic E-state index is 0. The molecule has 164 valence electrons. The van der Waals surface area contributed by atoms with Crippen LogP contribution in [0.2, 0.25) is 5.02 Å². The molecule has 1 aromatic carbocycles. The van der Waals surface area contributed by atoms with Crippen molar-refractivity contribution in [2.75, 3.05) is 6.54 Å². The zero-order valence-corrected chi connectivity index (χ0v) is 18.7. The molecule has 0 saturated heterocycles. The topological polar surface area (TPSA) is 120 Å². The van der Waals surface area contributed by atoms with Gasteiger partial charge >= 0.3 is 0 Å². The molecular formula is C19H25Cl3N6O2. The van der Waals surface area contributed by atoms with Gasteiger partial charge in [0.2, 0.25) is 11.7 Å². The first-order chi connectivity index (χ1) is 13.4. The quantitative estimate of drug-likeness (QED) is 0.701. The molecule has 2 amide bonds. The summed E-state index contributed by atoms with van der Waals surface area (Å²) in [7, 11) is 0. The molecule has 2 heterocycles. The number of hydrogen-bond acceptors (Lipinski definition) is 5. The number of hydrogen-bond donors (Lipinski definition) is 2. The van der Waals surface area contributed by atoms with E-state index in [4.69, 9.17) is 23.1 Å². The Labute approximate surface area is 192 Å². The van der Waals surface area contributed by atoms with Gasteiger partial charge in [-0.25, -0.2) is 0 Å². The number of fused-ring (bicyclic) bond motifs is 1. The lowest BCUT2D eigenvalue weighted by Crippen LogP contribution is -2.50. The van der Waals surface area contributed by atoms with E-state index in [0.29, 0.717) is 23.9 Å². The summed E-state index contributed by atoms with van der Waals surface area (Å²) in [6, 6.07) is 8.02. The molecule has 1 aliphatic carbocycles. The maximum absolute atomic E-state index is 12.7. The van der Waals surface area contributed by atoms with E-state index in [1.54, 1.807) is 0 Å². The molecule has 1 fully saturated rings. The summed E-state index contributed by atoms with van der Waals surface area (Å²) in [4.78, 5) is 26.0. The van der Waals surface area contributed by atoms with Crippen LogP contribution in [0.3, 0.4) is 0 Å². The van der Waals surface area contributed by atoms with Crippen LogP contribution in [-0.4, -0.2) is 44.1 Å². The predicted molar refractivity (Wildman–Crippen MR) is 118 cm³/mol. The molecule has 2 aromatic rings. The van der Waals surface area contributed by atoms with Crippen LogP contribution in [0.1, 0.15) is 47.7 Å². The molecule has 1 aromatic heterocycles. The Morgan fingerprint density at radius 1 is 1.20 bits per heavy atom. The van der Waals surface area contributed by atoms with Crippen molar-refractivity contribution < 1.29 is 9.59 Å². The fourth-order valence-electron chi connectivity index (χ4n) is 4.50. The van der Waals surface area contributed by atoms with Crippen LogP contribution in [-0.2, 0) is 23.3 Å². The molecule has 0 radical (unpaired) electrons. The second-order valence-corrected chi connectivity index (χ2v) is 8.07. The third-order valence-corrected chi connectivity index (χ3v) is 6.39. The summed E-state index contributed by atoms with van der Waals surface area (Å²) in [6.45, 7) is 0.939. The summed E-state index contributed by atoms with van der Waals surface area (Å²) < 4.78 is 1.51. The van der Waals surface area contributed by atoms with Crippen LogP contribution in [0.15, 0.2) is 24.3 Å². The van der Waals surface area contributed by atoms with Crippen LogP contribution in [0.25, 0.3) is 0 Å². The van der Waals surface area contributed by atoms with Gasteiger partial charge in [-0.3, -0.25) is 14.2 Å². The van der Waals surface area contributed by atoms with Crippen molar-refractivity contribution in [2.24, 2.45) is 11.5 Å². The van der Waals surface area contributed by atoms with Crippen molar-refractivity contribution in [3.05, 3.63) is 46.5 Å². The molecular weight excluding hydrogens is 451 g/mol. The van der Waals surface area contributed by atoms with Gasteiger partial charge in [-0.05, 0) is 43.4 Å². The third kappa shape index (κ3) is 4.27. The van der Waals surface area contributed by atoms with Crippen LogP contribution in [0, 0.1) is 0 Å². The van der Waals surface area contributed by atoms with E-state index in [0.717, 1.165) is 31.2 Å². The van der Waals surface area contributed by atoms with Crippen LogP contribution >= 0.6 is 36.4 Å². The number of aromatic nitrogens is 3. The van der Waals surface area contributed by atoms with E-state index in [1.807, 2.05) is 23.1 Å². The Bertz CT molecular complexity index is 927. The van der Waals surface area contributed by atoms with E-state index >= 15 is 0 Å². The minimum Gasteiger partial charge on any atom is -0.363 e. The number of benzene rings is 1. The normalized spacial score (nSPS) is 23.2. The van der Waals surface area contributed by atoms with Gasteiger partial charge in [0.05, 0.1) is 6.54 Å². The van der Waals surface area contributed by atoms with Gasteiger partial charge < -0.3 is 16.4 Å².